The van der Waals surface area contributed by atoms with Gasteiger partial charge in [-0.05, 0) is 13.3 Å². The average molecular weight is 334 g/mol. The van der Waals surface area contributed by atoms with Crippen LogP contribution in [0.1, 0.15) is 13.3 Å². The van der Waals surface area contributed by atoms with E-state index in [1.165, 1.54) is 4.57 Å². The van der Waals surface area contributed by atoms with Gasteiger partial charge in [0.05, 0.1) is 17.3 Å². The lowest BCUT2D eigenvalue weighted by Crippen LogP contribution is -2.42. The van der Waals surface area contributed by atoms with Crippen LogP contribution in [0.4, 0.5) is 0 Å². The summed E-state index contributed by atoms with van der Waals surface area (Å²) in [4.78, 5) is 25.1. The molecule has 1 aromatic heterocycles. The van der Waals surface area contributed by atoms with Gasteiger partial charge < -0.3 is 4.90 Å². The third-order valence-electron chi connectivity index (χ3n) is 3.47. The summed E-state index contributed by atoms with van der Waals surface area (Å²) in [5, 5.41) is 6.55. The monoisotopic (exact) mass is 334 g/mol. The van der Waals surface area contributed by atoms with Gasteiger partial charge in [-0.3, -0.25) is 9.36 Å². The number of aromatic amines is 1. The molecule has 0 radical (unpaired) electrons. The van der Waals surface area contributed by atoms with E-state index >= 15 is 0 Å². The van der Waals surface area contributed by atoms with E-state index in [4.69, 9.17) is 0 Å². The van der Waals surface area contributed by atoms with Crippen molar-refractivity contribution in [3.8, 4) is 0 Å². The molecule has 0 saturated carbocycles. The molecule has 0 bridgehead atoms. The Morgan fingerprint density at radius 1 is 1.57 bits per heavy atom. The molecule has 1 aliphatic heterocycles. The van der Waals surface area contributed by atoms with E-state index in [9.17, 15) is 18.0 Å². The van der Waals surface area contributed by atoms with Crippen LogP contribution in [0.15, 0.2) is 9.95 Å². The summed E-state index contributed by atoms with van der Waals surface area (Å²) < 4.78 is 24.4. The van der Waals surface area contributed by atoms with Crippen LogP contribution in [0.2, 0.25) is 0 Å². The number of thioether (sulfide) groups is 1. The number of H-pyrrole nitrogens is 1. The summed E-state index contributed by atoms with van der Waals surface area (Å²) in [7, 11) is -1.45. The van der Waals surface area contributed by atoms with E-state index in [1.807, 2.05) is 6.92 Å². The normalized spacial score (nSPS) is 20.6. The maximum absolute atomic E-state index is 12.2. The number of sulfone groups is 1. The highest BCUT2D eigenvalue weighted by molar-refractivity contribution is 7.99. The predicted octanol–water partition coefficient (Wildman–Crippen LogP) is -0.764. The number of amides is 1. The number of hydrogen-bond donors (Lipinski definition) is 1. The highest BCUT2D eigenvalue weighted by atomic mass is 32.2. The summed E-state index contributed by atoms with van der Waals surface area (Å²) >= 11 is 1.16. The van der Waals surface area contributed by atoms with Crippen LogP contribution >= 0.6 is 11.8 Å². The molecule has 10 heteroatoms. The predicted molar refractivity (Wildman–Crippen MR) is 79.0 cm³/mol. The summed E-state index contributed by atoms with van der Waals surface area (Å²) in [6.07, 6.45) is 0.494. The van der Waals surface area contributed by atoms with Gasteiger partial charge in [0.1, 0.15) is 0 Å². The number of aromatic nitrogens is 3. The number of nitrogens with one attached hydrogen (secondary N) is 1. The first-order chi connectivity index (χ1) is 9.84. The Morgan fingerprint density at radius 2 is 2.29 bits per heavy atom. The summed E-state index contributed by atoms with van der Waals surface area (Å²) in [6.45, 7) is 2.30. The topological polar surface area (TPSA) is 105 Å². The van der Waals surface area contributed by atoms with Crippen molar-refractivity contribution in [2.45, 2.75) is 24.5 Å². The van der Waals surface area contributed by atoms with Gasteiger partial charge in [-0.15, -0.1) is 5.10 Å². The molecule has 8 nitrogen and oxygen atoms in total. The number of nitrogens with zero attached hydrogens (tertiary/aromatic N) is 3. The zero-order valence-corrected chi connectivity index (χ0v) is 13.5. The Bertz CT molecular complexity index is 679. The van der Waals surface area contributed by atoms with Gasteiger partial charge in [-0.25, -0.2) is 18.3 Å². The third kappa shape index (κ3) is 3.67. The van der Waals surface area contributed by atoms with Crippen molar-refractivity contribution >= 4 is 27.5 Å². The first-order valence-corrected chi connectivity index (χ1v) is 9.39. The fourth-order valence-electron chi connectivity index (χ4n) is 2.33. The molecule has 1 saturated heterocycles. The number of hydrogen-bond acceptors (Lipinski definition) is 6. The maximum atomic E-state index is 12.2. The fraction of sp³-hybridized carbons (Fsp3) is 0.727. The summed E-state index contributed by atoms with van der Waals surface area (Å²) in [6, 6.07) is -0.240. The van der Waals surface area contributed by atoms with Crippen LogP contribution in [-0.2, 0) is 21.7 Å². The minimum Gasteiger partial charge on any atom is -0.338 e. The summed E-state index contributed by atoms with van der Waals surface area (Å²) in [5.41, 5.74) is -0.334. The van der Waals surface area contributed by atoms with Crippen LogP contribution in [0, 0.1) is 0 Å². The Balaban J connectivity index is 1.98. The smallest absolute Gasteiger partial charge is 0.338 e. The van der Waals surface area contributed by atoms with Crippen molar-refractivity contribution in [1.29, 1.82) is 0 Å². The van der Waals surface area contributed by atoms with Crippen molar-refractivity contribution < 1.29 is 13.2 Å². The molecule has 1 fully saturated rings. The van der Waals surface area contributed by atoms with E-state index in [1.54, 1.807) is 11.9 Å². The van der Waals surface area contributed by atoms with Crippen LogP contribution in [-0.4, -0.2) is 63.8 Å². The zero-order valence-electron chi connectivity index (χ0n) is 11.9. The zero-order chi connectivity index (χ0) is 15.6. The minimum absolute atomic E-state index is 0.0398. The second kappa shape index (κ2) is 6.22. The molecule has 0 spiro atoms. The standard InChI is InChI=1S/C11H18N4O4S2/c1-3-15(8-4-5-21(18,19)7-8)9(16)6-20-11-13-12-10(17)14(11)2/h8H,3-7H2,1-2H3,(H,12,17)/t8-/m1/s1. The van der Waals surface area contributed by atoms with Gasteiger partial charge in [0.25, 0.3) is 0 Å². The molecule has 2 heterocycles. The second-order valence-electron chi connectivity index (χ2n) is 4.90. The third-order valence-corrected chi connectivity index (χ3v) is 6.24. The summed E-state index contributed by atoms with van der Waals surface area (Å²) in [5.74, 6) is 0.170. The molecule has 21 heavy (non-hydrogen) atoms. The highest BCUT2D eigenvalue weighted by Crippen LogP contribution is 2.20. The van der Waals surface area contributed by atoms with Gasteiger partial charge in [0.2, 0.25) is 5.91 Å². The molecule has 0 unspecified atom stereocenters. The van der Waals surface area contributed by atoms with Gasteiger partial charge in [-0.1, -0.05) is 11.8 Å². The Kier molecular flexibility index (Phi) is 4.77. The number of carbonyl (C=O) groups is 1. The van der Waals surface area contributed by atoms with Crippen LogP contribution in [0.25, 0.3) is 0 Å². The molecule has 0 aliphatic carbocycles. The molecule has 1 aliphatic rings. The van der Waals surface area contributed by atoms with E-state index < -0.39 is 9.84 Å². The first kappa shape index (κ1) is 16.1. The maximum Gasteiger partial charge on any atom is 0.343 e. The number of carbonyl (C=O) groups excluding carboxylic acids is 1. The lowest BCUT2D eigenvalue weighted by molar-refractivity contribution is -0.129. The minimum atomic E-state index is -3.02. The molecule has 1 amide bonds. The van der Waals surface area contributed by atoms with Crippen molar-refractivity contribution in [1.82, 2.24) is 19.7 Å². The molecule has 2 rings (SSSR count). The van der Waals surface area contributed by atoms with E-state index in [0.717, 1.165) is 11.8 Å². The van der Waals surface area contributed by atoms with Gasteiger partial charge in [0, 0.05) is 19.6 Å². The largest absolute Gasteiger partial charge is 0.343 e. The van der Waals surface area contributed by atoms with Crippen molar-refractivity contribution in [3.63, 3.8) is 0 Å². The lowest BCUT2D eigenvalue weighted by atomic mass is 10.2. The Labute approximate surface area is 126 Å². The quantitative estimate of drug-likeness (QED) is 0.709. The Hall–Kier alpha value is -1.29. The van der Waals surface area contributed by atoms with Crippen molar-refractivity contribution in [2.75, 3.05) is 23.8 Å². The van der Waals surface area contributed by atoms with E-state index in [-0.39, 0.29) is 34.9 Å². The van der Waals surface area contributed by atoms with E-state index in [2.05, 4.69) is 10.2 Å². The first-order valence-electron chi connectivity index (χ1n) is 6.58. The molecule has 118 valence electrons. The van der Waals surface area contributed by atoms with Crippen molar-refractivity contribution in [3.05, 3.63) is 10.5 Å². The number of rotatable bonds is 5. The highest BCUT2D eigenvalue weighted by Gasteiger charge is 2.33. The molecular weight excluding hydrogens is 316 g/mol. The van der Waals surface area contributed by atoms with Gasteiger partial charge in [0.15, 0.2) is 15.0 Å². The Morgan fingerprint density at radius 3 is 2.76 bits per heavy atom. The van der Waals surface area contributed by atoms with Gasteiger partial charge in [-0.2, -0.15) is 0 Å². The van der Waals surface area contributed by atoms with Crippen LogP contribution in [0.3, 0.4) is 0 Å². The molecule has 1 atom stereocenters. The SMILES string of the molecule is CCN(C(=O)CSc1n[nH]c(=O)n1C)[C@@H]1CCS(=O)(=O)C1. The molecule has 1 N–H and O–H groups in total. The van der Waals surface area contributed by atoms with Gasteiger partial charge >= 0.3 is 5.69 Å². The average Bonchev–Trinajstić information content (AvgIpc) is 2.93. The molecular formula is C11H18N4O4S2. The second-order valence-corrected chi connectivity index (χ2v) is 8.07. The van der Waals surface area contributed by atoms with Crippen LogP contribution in [0.5, 0.6) is 0 Å². The van der Waals surface area contributed by atoms with Crippen LogP contribution < -0.4 is 5.69 Å². The van der Waals surface area contributed by atoms with Crippen molar-refractivity contribution in [2.24, 2.45) is 7.05 Å². The lowest BCUT2D eigenvalue weighted by Gasteiger charge is -2.26. The molecule has 1 aromatic rings. The van der Waals surface area contributed by atoms with E-state index in [0.29, 0.717) is 18.1 Å². The molecule has 0 aromatic carbocycles. The fourth-order valence-corrected chi connectivity index (χ4v) is 4.87.